The van der Waals surface area contributed by atoms with E-state index < -0.39 is 0 Å². The molecule has 0 amide bonds. The molecule has 1 saturated heterocycles. The Labute approximate surface area is 60.7 Å². The van der Waals surface area contributed by atoms with Gasteiger partial charge in [0.05, 0.1) is 7.11 Å². The van der Waals surface area contributed by atoms with Crippen molar-refractivity contribution < 1.29 is 9.53 Å². The van der Waals surface area contributed by atoms with E-state index in [0.717, 1.165) is 19.5 Å². The summed E-state index contributed by atoms with van der Waals surface area (Å²) >= 11 is 0. The van der Waals surface area contributed by atoms with Gasteiger partial charge in [-0.3, -0.25) is 4.79 Å². The lowest BCUT2D eigenvalue weighted by atomic mass is 10.3. The molecule has 0 aromatic heterocycles. The molecule has 0 aromatic rings. The normalized spacial score (nSPS) is 22.8. The molecular formula is C6H14N2O2. The lowest BCUT2D eigenvalue weighted by Gasteiger charge is -1.91. The van der Waals surface area contributed by atoms with Crippen LogP contribution in [0.25, 0.3) is 0 Å². The first kappa shape index (κ1) is 9.39. The molecule has 0 aliphatic carbocycles. The SMILES string of the molecule is COC=O.NC1CCNC1. The van der Waals surface area contributed by atoms with Gasteiger partial charge in [0.2, 0.25) is 0 Å². The van der Waals surface area contributed by atoms with Crippen molar-refractivity contribution in [1.82, 2.24) is 5.32 Å². The van der Waals surface area contributed by atoms with Crippen LogP contribution in [0.1, 0.15) is 6.42 Å². The minimum Gasteiger partial charge on any atom is -0.471 e. The summed E-state index contributed by atoms with van der Waals surface area (Å²) in [7, 11) is 1.31. The standard InChI is InChI=1S/C4H10N2.C2H4O2/c5-4-1-2-6-3-4;1-4-2-3/h4,6H,1-3,5H2;2H,1H3. The number of carbonyl (C=O) groups excluding carboxylic acids is 1. The highest BCUT2D eigenvalue weighted by atomic mass is 16.5. The first-order valence-corrected chi connectivity index (χ1v) is 3.24. The van der Waals surface area contributed by atoms with Gasteiger partial charge in [0.15, 0.2) is 0 Å². The van der Waals surface area contributed by atoms with E-state index in [1.807, 2.05) is 0 Å². The smallest absolute Gasteiger partial charge is 0.292 e. The zero-order valence-electron chi connectivity index (χ0n) is 6.17. The van der Waals surface area contributed by atoms with E-state index in [1.54, 1.807) is 0 Å². The van der Waals surface area contributed by atoms with Gasteiger partial charge < -0.3 is 15.8 Å². The maximum absolute atomic E-state index is 8.95. The Kier molecular flexibility index (Phi) is 6.11. The van der Waals surface area contributed by atoms with Crippen LogP contribution in [0.4, 0.5) is 0 Å². The van der Waals surface area contributed by atoms with Gasteiger partial charge >= 0.3 is 0 Å². The molecular weight excluding hydrogens is 132 g/mol. The number of ether oxygens (including phenoxy) is 1. The Morgan fingerprint density at radius 2 is 2.40 bits per heavy atom. The van der Waals surface area contributed by atoms with Gasteiger partial charge in [0.1, 0.15) is 0 Å². The molecule has 1 unspecified atom stereocenters. The molecule has 4 nitrogen and oxygen atoms in total. The van der Waals surface area contributed by atoms with Crippen molar-refractivity contribution >= 4 is 6.47 Å². The molecule has 0 bridgehead atoms. The monoisotopic (exact) mass is 146 g/mol. The van der Waals surface area contributed by atoms with Crippen molar-refractivity contribution in [2.45, 2.75) is 12.5 Å². The fourth-order valence-corrected chi connectivity index (χ4v) is 0.677. The summed E-state index contributed by atoms with van der Waals surface area (Å²) < 4.78 is 3.86. The first-order valence-electron chi connectivity index (χ1n) is 3.24. The maximum Gasteiger partial charge on any atom is 0.292 e. The molecule has 0 aromatic carbocycles. The second-order valence-corrected chi connectivity index (χ2v) is 2.08. The summed E-state index contributed by atoms with van der Waals surface area (Å²) in [5, 5.41) is 3.15. The zero-order chi connectivity index (χ0) is 7.82. The van der Waals surface area contributed by atoms with E-state index in [2.05, 4.69) is 10.1 Å². The van der Waals surface area contributed by atoms with Crippen molar-refractivity contribution in [2.75, 3.05) is 20.2 Å². The van der Waals surface area contributed by atoms with E-state index in [1.165, 1.54) is 7.11 Å². The molecule has 1 fully saturated rings. The van der Waals surface area contributed by atoms with E-state index >= 15 is 0 Å². The minimum atomic E-state index is 0.375. The van der Waals surface area contributed by atoms with E-state index in [4.69, 9.17) is 10.5 Å². The number of hydrogen-bond acceptors (Lipinski definition) is 4. The second kappa shape index (κ2) is 6.51. The van der Waals surface area contributed by atoms with Crippen LogP contribution in [0, 0.1) is 0 Å². The van der Waals surface area contributed by atoms with Gasteiger partial charge in [-0.2, -0.15) is 0 Å². The average Bonchev–Trinajstić information content (AvgIpc) is 2.40. The van der Waals surface area contributed by atoms with E-state index in [0.29, 0.717) is 12.5 Å². The number of nitrogens with one attached hydrogen (secondary N) is 1. The molecule has 4 heteroatoms. The highest BCUT2D eigenvalue weighted by Gasteiger charge is 2.06. The Morgan fingerprint density at radius 3 is 2.50 bits per heavy atom. The molecule has 0 saturated carbocycles. The van der Waals surface area contributed by atoms with Gasteiger partial charge in [0, 0.05) is 12.6 Å². The summed E-state index contributed by atoms with van der Waals surface area (Å²) in [6.07, 6.45) is 1.15. The fraction of sp³-hybridized carbons (Fsp3) is 0.833. The van der Waals surface area contributed by atoms with Crippen molar-refractivity contribution in [3.05, 3.63) is 0 Å². The van der Waals surface area contributed by atoms with Gasteiger partial charge in [0.25, 0.3) is 6.47 Å². The molecule has 0 radical (unpaired) electrons. The summed E-state index contributed by atoms with van der Waals surface area (Å²) in [6, 6.07) is 0.435. The Hall–Kier alpha value is -0.610. The van der Waals surface area contributed by atoms with Crippen LogP contribution in [-0.4, -0.2) is 32.7 Å². The van der Waals surface area contributed by atoms with Gasteiger partial charge in [-0.1, -0.05) is 0 Å². The summed E-state index contributed by atoms with van der Waals surface area (Å²) in [4.78, 5) is 8.95. The lowest BCUT2D eigenvalue weighted by Crippen LogP contribution is -2.21. The largest absolute Gasteiger partial charge is 0.471 e. The van der Waals surface area contributed by atoms with E-state index in [9.17, 15) is 0 Å². The zero-order valence-corrected chi connectivity index (χ0v) is 6.17. The molecule has 1 atom stereocenters. The predicted octanol–water partition coefficient (Wildman–Crippen LogP) is -0.904. The molecule has 10 heavy (non-hydrogen) atoms. The average molecular weight is 146 g/mol. The Morgan fingerprint density at radius 1 is 1.80 bits per heavy atom. The van der Waals surface area contributed by atoms with Crippen molar-refractivity contribution in [3.8, 4) is 0 Å². The summed E-state index contributed by atoms with van der Waals surface area (Å²) in [6.45, 7) is 2.50. The summed E-state index contributed by atoms with van der Waals surface area (Å²) in [5.41, 5.74) is 5.47. The van der Waals surface area contributed by atoms with Crippen LogP contribution in [-0.2, 0) is 9.53 Å². The first-order chi connectivity index (χ1) is 4.81. The second-order valence-electron chi connectivity index (χ2n) is 2.08. The highest BCUT2D eigenvalue weighted by Crippen LogP contribution is 1.90. The van der Waals surface area contributed by atoms with Crippen molar-refractivity contribution in [2.24, 2.45) is 5.73 Å². The third kappa shape index (κ3) is 5.53. The Bertz CT molecular complexity index is 81.8. The molecule has 1 aliphatic rings. The van der Waals surface area contributed by atoms with Crippen LogP contribution in [0.5, 0.6) is 0 Å². The van der Waals surface area contributed by atoms with Crippen LogP contribution in [0.15, 0.2) is 0 Å². The quantitative estimate of drug-likeness (QED) is 0.470. The van der Waals surface area contributed by atoms with Crippen LogP contribution >= 0.6 is 0 Å². The topological polar surface area (TPSA) is 64.3 Å². The number of methoxy groups -OCH3 is 1. The molecule has 3 N–H and O–H groups in total. The minimum absolute atomic E-state index is 0.375. The lowest BCUT2D eigenvalue weighted by molar-refractivity contribution is -0.126. The molecule has 1 aliphatic heterocycles. The molecule has 1 rings (SSSR count). The number of hydrogen-bond donors (Lipinski definition) is 2. The Balaban J connectivity index is 0.000000180. The van der Waals surface area contributed by atoms with Gasteiger partial charge in [-0.25, -0.2) is 0 Å². The third-order valence-corrected chi connectivity index (χ3v) is 1.19. The van der Waals surface area contributed by atoms with Gasteiger partial charge in [-0.15, -0.1) is 0 Å². The van der Waals surface area contributed by atoms with Crippen molar-refractivity contribution in [1.29, 1.82) is 0 Å². The third-order valence-electron chi connectivity index (χ3n) is 1.19. The number of carbonyl (C=O) groups is 1. The predicted molar refractivity (Wildman–Crippen MR) is 38.5 cm³/mol. The van der Waals surface area contributed by atoms with Crippen molar-refractivity contribution in [3.63, 3.8) is 0 Å². The van der Waals surface area contributed by atoms with E-state index in [-0.39, 0.29) is 0 Å². The molecule has 60 valence electrons. The highest BCUT2D eigenvalue weighted by molar-refractivity contribution is 5.36. The number of nitrogens with two attached hydrogens (primary N) is 1. The number of rotatable bonds is 1. The molecule has 0 spiro atoms. The molecule has 1 heterocycles. The van der Waals surface area contributed by atoms with Crippen LogP contribution in [0.3, 0.4) is 0 Å². The van der Waals surface area contributed by atoms with Crippen LogP contribution in [0.2, 0.25) is 0 Å². The maximum atomic E-state index is 8.95. The van der Waals surface area contributed by atoms with Crippen LogP contribution < -0.4 is 11.1 Å². The fourth-order valence-electron chi connectivity index (χ4n) is 0.677. The summed E-state index contributed by atoms with van der Waals surface area (Å²) in [5.74, 6) is 0. The van der Waals surface area contributed by atoms with Gasteiger partial charge in [-0.05, 0) is 13.0 Å².